The number of benzene rings is 1. The van der Waals surface area contributed by atoms with E-state index in [1.54, 1.807) is 26.1 Å². The first-order chi connectivity index (χ1) is 12.2. The van der Waals surface area contributed by atoms with Gasteiger partial charge in [-0.15, -0.1) is 0 Å². The highest BCUT2D eigenvalue weighted by Gasteiger charge is 2.42. The van der Waals surface area contributed by atoms with Gasteiger partial charge >= 0.3 is 12.0 Å². The fourth-order valence-electron chi connectivity index (χ4n) is 3.56. The third kappa shape index (κ3) is 4.94. The molecule has 3 N–H and O–H groups in total. The minimum absolute atomic E-state index is 0.106. The SMILES string of the molecule is CC(CN(C)C(=O)NCC1(Cc2ccc(F)cc2)CCCC1O)C(=O)O. The van der Waals surface area contributed by atoms with E-state index in [-0.39, 0.29) is 24.9 Å². The Hall–Kier alpha value is -2.15. The molecule has 144 valence electrons. The van der Waals surface area contributed by atoms with Crippen LogP contribution in [0.5, 0.6) is 0 Å². The van der Waals surface area contributed by atoms with Crippen LogP contribution in [0, 0.1) is 17.2 Å². The van der Waals surface area contributed by atoms with Gasteiger partial charge in [0.2, 0.25) is 0 Å². The van der Waals surface area contributed by atoms with Crippen LogP contribution in [0.4, 0.5) is 9.18 Å². The van der Waals surface area contributed by atoms with E-state index in [1.165, 1.54) is 17.0 Å². The normalized spacial score (nSPS) is 23.5. The van der Waals surface area contributed by atoms with Gasteiger partial charge in [0.1, 0.15) is 5.82 Å². The zero-order valence-electron chi connectivity index (χ0n) is 15.2. The van der Waals surface area contributed by atoms with Gasteiger partial charge in [0.15, 0.2) is 0 Å². The van der Waals surface area contributed by atoms with Crippen LogP contribution in [0.25, 0.3) is 0 Å². The Morgan fingerprint density at radius 3 is 2.58 bits per heavy atom. The average Bonchev–Trinajstić information content (AvgIpc) is 2.95. The zero-order chi connectivity index (χ0) is 19.3. The molecule has 0 heterocycles. The van der Waals surface area contributed by atoms with Crippen LogP contribution < -0.4 is 5.32 Å². The van der Waals surface area contributed by atoms with Crippen molar-refractivity contribution in [3.05, 3.63) is 35.6 Å². The molecule has 2 rings (SSSR count). The number of rotatable bonds is 7. The topological polar surface area (TPSA) is 89.9 Å². The number of aliphatic hydroxyl groups excluding tert-OH is 1. The molecule has 3 unspecified atom stereocenters. The zero-order valence-corrected chi connectivity index (χ0v) is 15.2. The van der Waals surface area contributed by atoms with Gasteiger partial charge in [0, 0.05) is 25.6 Å². The molecule has 1 fully saturated rings. The van der Waals surface area contributed by atoms with E-state index in [2.05, 4.69) is 5.32 Å². The molecule has 1 aromatic rings. The van der Waals surface area contributed by atoms with Crippen molar-refractivity contribution in [2.75, 3.05) is 20.1 Å². The van der Waals surface area contributed by atoms with Crippen LogP contribution >= 0.6 is 0 Å². The van der Waals surface area contributed by atoms with Crippen molar-refractivity contribution in [2.24, 2.45) is 11.3 Å². The highest BCUT2D eigenvalue weighted by molar-refractivity contribution is 5.75. The van der Waals surface area contributed by atoms with E-state index in [9.17, 15) is 19.1 Å². The van der Waals surface area contributed by atoms with Crippen molar-refractivity contribution in [2.45, 2.75) is 38.7 Å². The van der Waals surface area contributed by atoms with Crippen LogP contribution in [0.3, 0.4) is 0 Å². The highest BCUT2D eigenvalue weighted by atomic mass is 19.1. The van der Waals surface area contributed by atoms with E-state index in [4.69, 9.17) is 5.11 Å². The smallest absolute Gasteiger partial charge is 0.317 e. The number of carbonyl (C=O) groups excluding carboxylic acids is 1. The first-order valence-corrected chi connectivity index (χ1v) is 8.88. The minimum atomic E-state index is -0.955. The second-order valence-electron chi connectivity index (χ2n) is 7.35. The van der Waals surface area contributed by atoms with Gasteiger partial charge in [-0.05, 0) is 37.0 Å². The van der Waals surface area contributed by atoms with Gasteiger partial charge in [-0.1, -0.05) is 25.5 Å². The number of urea groups is 1. The summed E-state index contributed by atoms with van der Waals surface area (Å²) in [6.07, 6.45) is 2.30. The Bertz CT molecular complexity index is 637. The van der Waals surface area contributed by atoms with Crippen molar-refractivity contribution >= 4 is 12.0 Å². The van der Waals surface area contributed by atoms with E-state index < -0.39 is 23.4 Å². The van der Waals surface area contributed by atoms with Gasteiger partial charge in [-0.25, -0.2) is 9.18 Å². The molecular weight excluding hydrogens is 339 g/mol. The molecule has 1 aromatic carbocycles. The second-order valence-corrected chi connectivity index (χ2v) is 7.35. The number of carboxylic acids is 1. The van der Waals surface area contributed by atoms with E-state index >= 15 is 0 Å². The predicted molar refractivity (Wildman–Crippen MR) is 95.2 cm³/mol. The molecule has 26 heavy (non-hydrogen) atoms. The van der Waals surface area contributed by atoms with Gasteiger partial charge < -0.3 is 20.4 Å². The van der Waals surface area contributed by atoms with Gasteiger partial charge in [-0.2, -0.15) is 0 Å². The summed E-state index contributed by atoms with van der Waals surface area (Å²) in [6.45, 7) is 1.94. The maximum Gasteiger partial charge on any atom is 0.317 e. The first-order valence-electron chi connectivity index (χ1n) is 8.88. The monoisotopic (exact) mass is 366 g/mol. The Kier molecular flexibility index (Phi) is 6.58. The first kappa shape index (κ1) is 20.2. The molecule has 1 aliphatic rings. The molecule has 1 aliphatic carbocycles. The van der Waals surface area contributed by atoms with Crippen molar-refractivity contribution in [3.8, 4) is 0 Å². The summed E-state index contributed by atoms with van der Waals surface area (Å²) in [5, 5.41) is 22.3. The fraction of sp³-hybridized carbons (Fsp3) is 0.579. The largest absolute Gasteiger partial charge is 0.481 e. The van der Waals surface area contributed by atoms with Gasteiger partial charge in [0.25, 0.3) is 0 Å². The number of halogens is 1. The number of carboxylic acid groups (broad SMARTS) is 1. The summed E-state index contributed by atoms with van der Waals surface area (Å²) in [6, 6.07) is 5.82. The molecule has 0 aromatic heterocycles. The van der Waals surface area contributed by atoms with E-state index in [1.807, 2.05) is 0 Å². The molecule has 1 saturated carbocycles. The van der Waals surface area contributed by atoms with Crippen LogP contribution in [0.2, 0.25) is 0 Å². The van der Waals surface area contributed by atoms with E-state index in [0.29, 0.717) is 12.8 Å². The summed E-state index contributed by atoms with van der Waals surface area (Å²) in [7, 11) is 1.55. The lowest BCUT2D eigenvalue weighted by atomic mass is 9.78. The second kappa shape index (κ2) is 8.49. The van der Waals surface area contributed by atoms with Gasteiger partial charge in [0.05, 0.1) is 12.0 Å². The highest BCUT2D eigenvalue weighted by Crippen LogP contribution is 2.40. The lowest BCUT2D eigenvalue weighted by Crippen LogP contribution is -2.48. The lowest BCUT2D eigenvalue weighted by molar-refractivity contribution is -0.141. The third-order valence-electron chi connectivity index (χ3n) is 5.24. The van der Waals surface area contributed by atoms with E-state index in [0.717, 1.165) is 18.4 Å². The summed E-state index contributed by atoms with van der Waals surface area (Å²) in [5.74, 6) is -1.92. The Labute approximate surface area is 153 Å². The van der Waals surface area contributed by atoms with Crippen molar-refractivity contribution in [1.82, 2.24) is 10.2 Å². The number of amides is 2. The van der Waals surface area contributed by atoms with Crippen LogP contribution in [0.1, 0.15) is 31.7 Å². The van der Waals surface area contributed by atoms with Crippen molar-refractivity contribution < 1.29 is 24.2 Å². The Morgan fingerprint density at radius 2 is 2.04 bits per heavy atom. The molecular formula is C19H27FN2O4. The van der Waals surface area contributed by atoms with Crippen LogP contribution in [-0.4, -0.2) is 53.4 Å². The maximum absolute atomic E-state index is 13.1. The molecule has 0 spiro atoms. The van der Waals surface area contributed by atoms with Crippen molar-refractivity contribution in [3.63, 3.8) is 0 Å². The summed E-state index contributed by atoms with van der Waals surface area (Å²) >= 11 is 0. The molecule has 6 nitrogen and oxygen atoms in total. The molecule has 7 heteroatoms. The average molecular weight is 366 g/mol. The number of nitrogens with one attached hydrogen (secondary N) is 1. The fourth-order valence-corrected chi connectivity index (χ4v) is 3.56. The molecule has 0 saturated heterocycles. The van der Waals surface area contributed by atoms with Gasteiger partial charge in [-0.3, -0.25) is 4.79 Å². The maximum atomic E-state index is 13.1. The predicted octanol–water partition coefficient (Wildman–Crippen LogP) is 2.26. The number of aliphatic hydroxyl groups is 1. The Balaban J connectivity index is 2.00. The quantitative estimate of drug-likeness (QED) is 0.690. The van der Waals surface area contributed by atoms with Crippen LogP contribution in [-0.2, 0) is 11.2 Å². The Morgan fingerprint density at radius 1 is 1.38 bits per heavy atom. The summed E-state index contributed by atoms with van der Waals surface area (Å²) < 4.78 is 13.1. The summed E-state index contributed by atoms with van der Waals surface area (Å²) in [4.78, 5) is 24.6. The lowest BCUT2D eigenvalue weighted by Gasteiger charge is -2.34. The number of aliphatic carboxylic acids is 1. The summed E-state index contributed by atoms with van der Waals surface area (Å²) in [5.41, 5.74) is 0.418. The number of nitrogens with zero attached hydrogens (tertiary/aromatic N) is 1. The number of hydrogen-bond acceptors (Lipinski definition) is 3. The molecule has 0 bridgehead atoms. The molecule has 3 atom stereocenters. The molecule has 0 aliphatic heterocycles. The number of carbonyl (C=O) groups is 2. The third-order valence-corrected chi connectivity index (χ3v) is 5.24. The van der Waals surface area contributed by atoms with Crippen molar-refractivity contribution in [1.29, 1.82) is 0 Å². The number of hydrogen-bond donors (Lipinski definition) is 3. The molecule has 0 radical (unpaired) electrons. The van der Waals surface area contributed by atoms with Crippen LogP contribution in [0.15, 0.2) is 24.3 Å². The minimum Gasteiger partial charge on any atom is -0.481 e. The standard InChI is InChI=1S/C19H27FN2O4/c1-13(17(24)25)11-22(2)18(26)21-12-19(9-3-4-16(19)23)10-14-5-7-15(20)8-6-14/h5-8,13,16,23H,3-4,9-12H2,1-2H3,(H,21,26)(H,24,25). The molecule has 2 amide bonds.